The molecule has 0 fully saturated rings. The van der Waals surface area contributed by atoms with Crippen LogP contribution in [0.15, 0.2) is 48.3 Å². The summed E-state index contributed by atoms with van der Waals surface area (Å²) in [5, 5.41) is 18.9. The second-order valence-corrected chi connectivity index (χ2v) is 5.07. The van der Waals surface area contributed by atoms with Crippen molar-refractivity contribution in [3.63, 3.8) is 0 Å². The number of ether oxygens (including phenoxy) is 2. The van der Waals surface area contributed by atoms with Crippen molar-refractivity contribution in [3.05, 3.63) is 65.0 Å². The molecule has 26 heavy (non-hydrogen) atoms. The molecule has 3 N–H and O–H groups in total. The molecular formula is C19H16N4O3. The lowest BCUT2D eigenvalue weighted by Gasteiger charge is -2.15. The number of nitrogens with one attached hydrogen (secondary N) is 1. The normalized spacial score (nSPS) is 9.62. The van der Waals surface area contributed by atoms with Crippen molar-refractivity contribution in [3.8, 4) is 34.8 Å². The Morgan fingerprint density at radius 2 is 1.77 bits per heavy atom. The monoisotopic (exact) mass is 348 g/mol. The number of hydrogen-bond donors (Lipinski definition) is 2. The Balaban J connectivity index is 2.77. The summed E-state index contributed by atoms with van der Waals surface area (Å²) in [4.78, 5) is 14.4. The molecule has 0 aliphatic heterocycles. The minimum atomic E-state index is -0.680. The molecule has 130 valence electrons. The zero-order chi connectivity index (χ0) is 19.1. The molecule has 0 saturated carbocycles. The van der Waals surface area contributed by atoms with Crippen LogP contribution in [0.2, 0.25) is 0 Å². The van der Waals surface area contributed by atoms with E-state index in [-0.39, 0.29) is 29.1 Å². The van der Waals surface area contributed by atoms with Gasteiger partial charge in [0.15, 0.2) is 0 Å². The summed E-state index contributed by atoms with van der Waals surface area (Å²) in [7, 11) is 0. The summed E-state index contributed by atoms with van der Waals surface area (Å²) >= 11 is 0. The maximum Gasteiger partial charge on any atom is 0.268 e. The van der Waals surface area contributed by atoms with E-state index in [0.717, 1.165) is 0 Å². The fraction of sp³-hybridized carbons (Fsp3) is 0.105. The van der Waals surface area contributed by atoms with Gasteiger partial charge in [0.25, 0.3) is 5.56 Å². The number of nitrogen functional groups attached to an aromatic ring is 1. The predicted molar refractivity (Wildman–Crippen MR) is 97.7 cm³/mol. The van der Waals surface area contributed by atoms with Gasteiger partial charge in [-0.1, -0.05) is 25.3 Å². The molecule has 0 saturated heterocycles. The molecule has 0 bridgehead atoms. The smallest absolute Gasteiger partial charge is 0.268 e. The number of hydrogen-bond acceptors (Lipinski definition) is 6. The van der Waals surface area contributed by atoms with Crippen LogP contribution in [-0.2, 0) is 0 Å². The van der Waals surface area contributed by atoms with Crippen LogP contribution in [0, 0.1) is 22.7 Å². The number of rotatable bonds is 7. The Morgan fingerprint density at radius 3 is 2.38 bits per heavy atom. The second kappa shape index (κ2) is 8.22. The summed E-state index contributed by atoms with van der Waals surface area (Å²) in [5.74, 6) is 0.708. The topological polar surface area (TPSA) is 125 Å². The van der Waals surface area contributed by atoms with Crippen molar-refractivity contribution >= 4 is 5.82 Å². The van der Waals surface area contributed by atoms with Crippen molar-refractivity contribution in [2.24, 2.45) is 0 Å². The van der Waals surface area contributed by atoms with Gasteiger partial charge < -0.3 is 20.2 Å². The van der Waals surface area contributed by atoms with Crippen molar-refractivity contribution in [2.75, 3.05) is 18.9 Å². The van der Waals surface area contributed by atoms with Gasteiger partial charge in [0.1, 0.15) is 53.8 Å². The molecule has 0 atom stereocenters. The number of nitrogens with zero attached hydrogens (tertiary/aromatic N) is 2. The van der Waals surface area contributed by atoms with Gasteiger partial charge in [-0.3, -0.25) is 4.79 Å². The number of aromatic nitrogens is 1. The molecule has 2 rings (SSSR count). The summed E-state index contributed by atoms with van der Waals surface area (Å²) < 4.78 is 11.1. The lowest BCUT2D eigenvalue weighted by molar-refractivity contribution is 0.346. The van der Waals surface area contributed by atoms with Crippen LogP contribution < -0.4 is 20.8 Å². The summed E-state index contributed by atoms with van der Waals surface area (Å²) in [6, 6.07) is 8.60. The number of H-pyrrole nitrogens is 1. The molecule has 0 radical (unpaired) electrons. The molecule has 7 nitrogen and oxygen atoms in total. The van der Waals surface area contributed by atoms with E-state index in [2.05, 4.69) is 18.1 Å². The quantitative estimate of drug-likeness (QED) is 0.741. The van der Waals surface area contributed by atoms with Gasteiger partial charge in [-0.25, -0.2) is 0 Å². The Bertz CT molecular complexity index is 994. The standard InChI is InChI=1S/C19H16N4O3/c1-3-7-25-12-5-6-13(16(9-12)26-8-4-2)17-14(10-20)18(22)23-19(24)15(17)11-21/h3-6,9H,1-2,7-8H2,(H3,22,23,24). The zero-order valence-electron chi connectivity index (χ0n) is 13.9. The largest absolute Gasteiger partial charge is 0.489 e. The first-order valence-electron chi connectivity index (χ1n) is 7.55. The molecule has 0 unspecified atom stereocenters. The fourth-order valence-corrected chi connectivity index (χ4v) is 2.33. The molecule has 2 aromatic rings. The van der Waals surface area contributed by atoms with E-state index in [1.54, 1.807) is 30.4 Å². The average molecular weight is 348 g/mol. The van der Waals surface area contributed by atoms with Crippen LogP contribution in [0.25, 0.3) is 11.1 Å². The summed E-state index contributed by atoms with van der Waals surface area (Å²) in [6.45, 7) is 7.66. The fourth-order valence-electron chi connectivity index (χ4n) is 2.33. The van der Waals surface area contributed by atoms with Crippen LogP contribution in [0.1, 0.15) is 11.1 Å². The Labute approximate surface area is 150 Å². The number of nitriles is 2. The van der Waals surface area contributed by atoms with Crippen molar-refractivity contribution < 1.29 is 9.47 Å². The SMILES string of the molecule is C=CCOc1ccc(-c2c(C#N)c(N)[nH]c(=O)c2C#N)c(OCC=C)c1. The van der Waals surface area contributed by atoms with Crippen LogP contribution in [0.3, 0.4) is 0 Å². The van der Waals surface area contributed by atoms with E-state index in [9.17, 15) is 15.3 Å². The first-order chi connectivity index (χ1) is 12.6. The molecule has 0 aliphatic carbocycles. The third kappa shape index (κ3) is 3.58. The predicted octanol–water partition coefficient (Wildman–Crippen LogP) is 2.50. The van der Waals surface area contributed by atoms with Gasteiger partial charge in [-0.15, -0.1) is 0 Å². The zero-order valence-corrected chi connectivity index (χ0v) is 13.9. The second-order valence-electron chi connectivity index (χ2n) is 5.07. The summed E-state index contributed by atoms with van der Waals surface area (Å²) in [5.41, 5.74) is 5.34. The Morgan fingerprint density at radius 1 is 1.12 bits per heavy atom. The maximum atomic E-state index is 12.1. The van der Waals surface area contributed by atoms with E-state index < -0.39 is 5.56 Å². The molecule has 7 heteroatoms. The van der Waals surface area contributed by atoms with Gasteiger partial charge >= 0.3 is 0 Å². The van der Waals surface area contributed by atoms with Crippen LogP contribution in [0.4, 0.5) is 5.82 Å². The Hall–Kier alpha value is -3.97. The van der Waals surface area contributed by atoms with E-state index in [0.29, 0.717) is 23.7 Å². The number of pyridine rings is 1. The van der Waals surface area contributed by atoms with Crippen LogP contribution in [-0.4, -0.2) is 18.2 Å². The van der Waals surface area contributed by atoms with Gasteiger partial charge in [-0.05, 0) is 12.1 Å². The highest BCUT2D eigenvalue weighted by atomic mass is 16.5. The summed E-state index contributed by atoms with van der Waals surface area (Å²) in [6.07, 6.45) is 3.14. The van der Waals surface area contributed by atoms with Crippen molar-refractivity contribution in [2.45, 2.75) is 0 Å². The Kier molecular flexibility index (Phi) is 5.81. The first kappa shape index (κ1) is 18.4. The molecule has 0 spiro atoms. The molecule has 1 heterocycles. The minimum Gasteiger partial charge on any atom is -0.489 e. The third-order valence-corrected chi connectivity index (χ3v) is 3.42. The van der Waals surface area contributed by atoms with Gasteiger partial charge in [0, 0.05) is 17.2 Å². The minimum absolute atomic E-state index is 0.00985. The number of aromatic amines is 1. The van der Waals surface area contributed by atoms with E-state index in [1.165, 1.54) is 0 Å². The first-order valence-corrected chi connectivity index (χ1v) is 7.55. The van der Waals surface area contributed by atoms with E-state index >= 15 is 0 Å². The highest BCUT2D eigenvalue weighted by molar-refractivity contribution is 5.83. The molecular weight excluding hydrogens is 332 g/mol. The van der Waals surface area contributed by atoms with Gasteiger partial charge in [0.05, 0.1) is 0 Å². The lowest BCUT2D eigenvalue weighted by atomic mass is 9.95. The van der Waals surface area contributed by atoms with Gasteiger partial charge in [-0.2, -0.15) is 10.5 Å². The number of benzene rings is 1. The van der Waals surface area contributed by atoms with E-state index in [4.69, 9.17) is 15.2 Å². The maximum absolute atomic E-state index is 12.1. The van der Waals surface area contributed by atoms with Crippen LogP contribution >= 0.6 is 0 Å². The molecule has 1 aromatic heterocycles. The molecule has 0 aliphatic rings. The van der Waals surface area contributed by atoms with E-state index in [1.807, 2.05) is 12.1 Å². The van der Waals surface area contributed by atoms with Gasteiger partial charge in [0.2, 0.25) is 0 Å². The third-order valence-electron chi connectivity index (χ3n) is 3.42. The molecule has 0 amide bonds. The van der Waals surface area contributed by atoms with Crippen molar-refractivity contribution in [1.82, 2.24) is 4.98 Å². The number of nitrogens with two attached hydrogens (primary N) is 1. The highest BCUT2D eigenvalue weighted by Crippen LogP contribution is 2.37. The number of anilines is 1. The highest BCUT2D eigenvalue weighted by Gasteiger charge is 2.21. The van der Waals surface area contributed by atoms with Crippen molar-refractivity contribution in [1.29, 1.82) is 10.5 Å². The lowest BCUT2D eigenvalue weighted by Crippen LogP contribution is -2.16. The average Bonchev–Trinajstić information content (AvgIpc) is 2.64. The van der Waals surface area contributed by atoms with Crippen LogP contribution in [0.5, 0.6) is 11.5 Å². The molecule has 1 aromatic carbocycles.